The van der Waals surface area contributed by atoms with Gasteiger partial charge in [0, 0.05) is 15.5 Å². The molecule has 0 spiro atoms. The number of amides is 1. The lowest BCUT2D eigenvalue weighted by atomic mass is 10.1. The standard InChI is InChI=1S/C14H14N2OS/c1-9(2)12(7-15)16-14(17)11-8-18-13-6-4-3-5-10(11)13/h3-6,8-9,12H,1-2H3,(H,16,17). The van der Waals surface area contributed by atoms with Crippen LogP contribution < -0.4 is 5.32 Å². The Balaban J connectivity index is 2.27. The van der Waals surface area contributed by atoms with Crippen LogP contribution in [0, 0.1) is 17.2 Å². The smallest absolute Gasteiger partial charge is 0.253 e. The molecular formula is C14H14N2OS. The minimum absolute atomic E-state index is 0.101. The van der Waals surface area contributed by atoms with E-state index >= 15 is 0 Å². The highest BCUT2D eigenvalue weighted by Gasteiger charge is 2.18. The summed E-state index contributed by atoms with van der Waals surface area (Å²) in [6, 6.07) is 9.44. The first-order chi connectivity index (χ1) is 8.63. The number of nitrogens with one attached hydrogen (secondary N) is 1. The van der Waals surface area contributed by atoms with E-state index in [4.69, 9.17) is 5.26 Å². The lowest BCUT2D eigenvalue weighted by molar-refractivity contribution is 0.0939. The number of carbonyl (C=O) groups excluding carboxylic acids is 1. The molecule has 0 aliphatic rings. The Hall–Kier alpha value is -1.86. The fourth-order valence-corrected chi connectivity index (χ4v) is 2.66. The number of rotatable bonds is 3. The van der Waals surface area contributed by atoms with Crippen LogP contribution in [0.4, 0.5) is 0 Å². The van der Waals surface area contributed by atoms with Crippen molar-refractivity contribution in [1.82, 2.24) is 5.32 Å². The predicted molar refractivity (Wildman–Crippen MR) is 73.5 cm³/mol. The monoisotopic (exact) mass is 258 g/mol. The zero-order valence-corrected chi connectivity index (χ0v) is 11.1. The maximum atomic E-state index is 12.1. The average Bonchev–Trinajstić information content (AvgIpc) is 2.79. The summed E-state index contributed by atoms with van der Waals surface area (Å²) >= 11 is 1.54. The highest BCUT2D eigenvalue weighted by molar-refractivity contribution is 7.17. The quantitative estimate of drug-likeness (QED) is 0.919. The van der Waals surface area contributed by atoms with E-state index in [-0.39, 0.29) is 11.8 Å². The molecule has 0 saturated heterocycles. The number of thiophene rings is 1. The van der Waals surface area contributed by atoms with Crippen LogP contribution in [0.3, 0.4) is 0 Å². The number of carbonyl (C=O) groups is 1. The molecule has 18 heavy (non-hydrogen) atoms. The number of nitrogens with zero attached hydrogens (tertiary/aromatic N) is 1. The molecule has 1 amide bonds. The van der Waals surface area contributed by atoms with Crippen molar-refractivity contribution in [1.29, 1.82) is 5.26 Å². The van der Waals surface area contributed by atoms with Crippen molar-refractivity contribution in [2.45, 2.75) is 19.9 Å². The van der Waals surface area contributed by atoms with Crippen LogP contribution in [0.2, 0.25) is 0 Å². The Morgan fingerprint density at radius 2 is 2.11 bits per heavy atom. The van der Waals surface area contributed by atoms with Gasteiger partial charge in [-0.15, -0.1) is 11.3 Å². The van der Waals surface area contributed by atoms with E-state index in [1.807, 2.05) is 43.5 Å². The zero-order chi connectivity index (χ0) is 13.1. The van der Waals surface area contributed by atoms with Crippen LogP contribution in [0.5, 0.6) is 0 Å². The van der Waals surface area contributed by atoms with E-state index in [0.717, 1.165) is 10.1 Å². The van der Waals surface area contributed by atoms with Gasteiger partial charge in [-0.1, -0.05) is 32.0 Å². The van der Waals surface area contributed by atoms with Crippen LogP contribution in [-0.4, -0.2) is 11.9 Å². The van der Waals surface area contributed by atoms with E-state index < -0.39 is 6.04 Å². The van der Waals surface area contributed by atoms with Gasteiger partial charge in [0.25, 0.3) is 5.91 Å². The van der Waals surface area contributed by atoms with Crippen LogP contribution in [0.25, 0.3) is 10.1 Å². The maximum Gasteiger partial charge on any atom is 0.253 e. The maximum absolute atomic E-state index is 12.1. The number of benzene rings is 1. The van der Waals surface area contributed by atoms with Crippen molar-refractivity contribution in [3.05, 3.63) is 35.2 Å². The third-order valence-corrected chi connectivity index (χ3v) is 3.78. The second kappa shape index (κ2) is 5.19. The van der Waals surface area contributed by atoms with E-state index in [9.17, 15) is 4.79 Å². The van der Waals surface area contributed by atoms with E-state index in [1.165, 1.54) is 0 Å². The normalized spacial score (nSPS) is 12.3. The zero-order valence-electron chi connectivity index (χ0n) is 10.3. The van der Waals surface area contributed by atoms with E-state index in [0.29, 0.717) is 5.56 Å². The second-order valence-electron chi connectivity index (χ2n) is 4.47. The highest BCUT2D eigenvalue weighted by atomic mass is 32.1. The lowest BCUT2D eigenvalue weighted by Gasteiger charge is -2.14. The molecule has 2 rings (SSSR count). The van der Waals surface area contributed by atoms with Gasteiger partial charge in [0.2, 0.25) is 0 Å². The number of hydrogen-bond acceptors (Lipinski definition) is 3. The van der Waals surface area contributed by atoms with E-state index in [1.54, 1.807) is 11.3 Å². The molecule has 1 unspecified atom stereocenters. The molecule has 0 fully saturated rings. The first kappa shape index (κ1) is 12.6. The molecule has 3 nitrogen and oxygen atoms in total. The lowest BCUT2D eigenvalue weighted by Crippen LogP contribution is -2.37. The molecule has 1 atom stereocenters. The van der Waals surface area contributed by atoms with Crippen LogP contribution >= 0.6 is 11.3 Å². The van der Waals surface area contributed by atoms with Gasteiger partial charge in [0.15, 0.2) is 0 Å². The number of nitriles is 1. The third-order valence-electron chi connectivity index (χ3n) is 2.82. The van der Waals surface area contributed by atoms with Gasteiger partial charge in [0.1, 0.15) is 6.04 Å². The fraction of sp³-hybridized carbons (Fsp3) is 0.286. The summed E-state index contributed by atoms with van der Waals surface area (Å²) in [4.78, 5) is 12.1. The van der Waals surface area contributed by atoms with Crippen LogP contribution in [0.1, 0.15) is 24.2 Å². The Morgan fingerprint density at radius 1 is 1.39 bits per heavy atom. The predicted octanol–water partition coefficient (Wildman–Crippen LogP) is 3.18. The Bertz CT molecular complexity index is 610. The van der Waals surface area contributed by atoms with Crippen molar-refractivity contribution >= 4 is 27.3 Å². The van der Waals surface area contributed by atoms with Gasteiger partial charge < -0.3 is 5.32 Å². The second-order valence-corrected chi connectivity index (χ2v) is 5.38. The van der Waals surface area contributed by atoms with Gasteiger partial charge >= 0.3 is 0 Å². The largest absolute Gasteiger partial charge is 0.336 e. The minimum Gasteiger partial charge on any atom is -0.336 e. The molecule has 0 bridgehead atoms. The topological polar surface area (TPSA) is 52.9 Å². The number of hydrogen-bond donors (Lipinski definition) is 1. The summed E-state index contributed by atoms with van der Waals surface area (Å²) in [6.45, 7) is 3.83. The molecule has 1 N–H and O–H groups in total. The number of fused-ring (bicyclic) bond motifs is 1. The van der Waals surface area contributed by atoms with Crippen LogP contribution in [0.15, 0.2) is 29.6 Å². The van der Waals surface area contributed by atoms with Crippen molar-refractivity contribution in [2.75, 3.05) is 0 Å². The minimum atomic E-state index is -0.448. The first-order valence-electron chi connectivity index (χ1n) is 5.80. The summed E-state index contributed by atoms with van der Waals surface area (Å²) in [6.07, 6.45) is 0. The summed E-state index contributed by atoms with van der Waals surface area (Å²) < 4.78 is 1.08. The molecule has 0 saturated carbocycles. The SMILES string of the molecule is CC(C)C(C#N)NC(=O)c1csc2ccccc12. The van der Waals surface area contributed by atoms with Crippen LogP contribution in [-0.2, 0) is 0 Å². The molecule has 0 radical (unpaired) electrons. The summed E-state index contributed by atoms with van der Waals surface area (Å²) in [7, 11) is 0. The Kier molecular flexibility index (Phi) is 3.63. The molecule has 0 aliphatic heterocycles. The summed E-state index contributed by atoms with van der Waals surface area (Å²) in [5.41, 5.74) is 0.650. The van der Waals surface area contributed by atoms with Crippen molar-refractivity contribution in [3.8, 4) is 6.07 Å². The molecular weight excluding hydrogens is 244 g/mol. The summed E-state index contributed by atoms with van der Waals surface area (Å²) in [5, 5.41) is 14.5. The van der Waals surface area contributed by atoms with Gasteiger partial charge in [-0.3, -0.25) is 4.79 Å². The molecule has 1 heterocycles. The third kappa shape index (κ3) is 2.36. The van der Waals surface area contributed by atoms with Gasteiger partial charge in [-0.25, -0.2) is 0 Å². The fourth-order valence-electron chi connectivity index (χ4n) is 1.72. The Labute approximate surface area is 110 Å². The Morgan fingerprint density at radius 3 is 2.78 bits per heavy atom. The van der Waals surface area contributed by atoms with Gasteiger partial charge in [-0.2, -0.15) is 5.26 Å². The van der Waals surface area contributed by atoms with E-state index in [2.05, 4.69) is 11.4 Å². The molecule has 1 aromatic carbocycles. The molecule has 0 aliphatic carbocycles. The average molecular weight is 258 g/mol. The van der Waals surface area contributed by atoms with Crippen molar-refractivity contribution in [2.24, 2.45) is 5.92 Å². The molecule has 1 aromatic heterocycles. The highest BCUT2D eigenvalue weighted by Crippen LogP contribution is 2.25. The molecule has 4 heteroatoms. The first-order valence-corrected chi connectivity index (χ1v) is 6.68. The van der Waals surface area contributed by atoms with Crippen molar-refractivity contribution in [3.63, 3.8) is 0 Å². The molecule has 92 valence electrons. The molecule has 2 aromatic rings. The van der Waals surface area contributed by atoms with Crippen molar-refractivity contribution < 1.29 is 4.79 Å². The van der Waals surface area contributed by atoms with Gasteiger partial charge in [-0.05, 0) is 12.0 Å². The van der Waals surface area contributed by atoms with Gasteiger partial charge in [0.05, 0.1) is 11.6 Å². The summed E-state index contributed by atoms with van der Waals surface area (Å²) in [5.74, 6) is -0.0726.